The molecule has 15 heavy (non-hydrogen) atoms. The van der Waals surface area contributed by atoms with Crippen LogP contribution in [0, 0.1) is 6.92 Å². The van der Waals surface area contributed by atoms with Gasteiger partial charge in [0.05, 0.1) is 5.69 Å². The van der Waals surface area contributed by atoms with Gasteiger partial charge >= 0.3 is 0 Å². The largest absolute Gasteiger partial charge is 0.353 e. The summed E-state index contributed by atoms with van der Waals surface area (Å²) >= 11 is 1.89. The molecule has 0 aliphatic carbocycles. The fourth-order valence-electron chi connectivity index (χ4n) is 1.47. The Bertz CT molecular complexity index is 294. The molecule has 1 heterocycles. The van der Waals surface area contributed by atoms with Gasteiger partial charge in [0.2, 0.25) is 5.95 Å². The van der Waals surface area contributed by atoms with Crippen molar-refractivity contribution >= 4 is 17.7 Å². The molecule has 1 aromatic rings. The first kappa shape index (κ1) is 12.4. The maximum absolute atomic E-state index is 4.47. The maximum Gasteiger partial charge on any atom is 0.203 e. The molecule has 0 amide bonds. The Morgan fingerprint density at radius 2 is 2.27 bits per heavy atom. The van der Waals surface area contributed by atoms with Crippen LogP contribution in [0.5, 0.6) is 0 Å². The van der Waals surface area contributed by atoms with Crippen LogP contribution in [0.3, 0.4) is 0 Å². The Morgan fingerprint density at radius 1 is 1.53 bits per heavy atom. The van der Waals surface area contributed by atoms with Gasteiger partial charge in [0, 0.05) is 18.8 Å². The van der Waals surface area contributed by atoms with Crippen molar-refractivity contribution in [3.63, 3.8) is 0 Å². The molecule has 0 aromatic carbocycles. The number of aryl methyl sites for hydroxylation is 2. The molecule has 0 unspecified atom stereocenters. The van der Waals surface area contributed by atoms with Gasteiger partial charge in [-0.05, 0) is 39.2 Å². The Labute approximate surface area is 96.7 Å². The fourth-order valence-corrected chi connectivity index (χ4v) is 1.89. The van der Waals surface area contributed by atoms with Crippen molar-refractivity contribution in [2.45, 2.75) is 39.8 Å². The predicted octanol–water partition coefficient (Wildman–Crippen LogP) is 2.76. The van der Waals surface area contributed by atoms with Crippen molar-refractivity contribution in [3.05, 3.63) is 11.9 Å². The second kappa shape index (κ2) is 6.05. The first-order valence-electron chi connectivity index (χ1n) is 5.42. The Kier molecular flexibility index (Phi) is 5.02. The lowest BCUT2D eigenvalue weighted by Gasteiger charge is -2.11. The molecule has 0 saturated carbocycles. The third kappa shape index (κ3) is 4.16. The molecule has 0 spiro atoms. The summed E-state index contributed by atoms with van der Waals surface area (Å²) in [6, 6.07) is 0.436. The lowest BCUT2D eigenvalue weighted by Crippen LogP contribution is -2.14. The quantitative estimate of drug-likeness (QED) is 0.758. The number of aromatic nitrogens is 2. The summed E-state index contributed by atoms with van der Waals surface area (Å²) in [5.74, 6) is 2.21. The topological polar surface area (TPSA) is 29.9 Å². The number of imidazole rings is 1. The van der Waals surface area contributed by atoms with Crippen LogP contribution >= 0.6 is 11.8 Å². The zero-order valence-electron chi connectivity index (χ0n) is 10.1. The first-order valence-corrected chi connectivity index (χ1v) is 6.82. The van der Waals surface area contributed by atoms with Crippen LogP contribution in [0.15, 0.2) is 6.20 Å². The predicted molar refractivity (Wildman–Crippen MR) is 68.7 cm³/mol. The van der Waals surface area contributed by atoms with Gasteiger partial charge in [0.25, 0.3) is 0 Å². The molecule has 86 valence electrons. The molecular formula is C11H21N3S. The van der Waals surface area contributed by atoms with Crippen LogP contribution in [0.25, 0.3) is 0 Å². The number of hydrogen-bond donors (Lipinski definition) is 1. The van der Waals surface area contributed by atoms with Gasteiger partial charge in [-0.15, -0.1) is 0 Å². The Hall–Kier alpha value is -0.640. The maximum atomic E-state index is 4.47. The van der Waals surface area contributed by atoms with Crippen LogP contribution in [-0.2, 0) is 6.54 Å². The number of anilines is 1. The highest BCUT2D eigenvalue weighted by Crippen LogP contribution is 2.11. The lowest BCUT2D eigenvalue weighted by atomic mass is 10.4. The minimum absolute atomic E-state index is 0.436. The molecule has 0 aliphatic heterocycles. The van der Waals surface area contributed by atoms with E-state index in [1.54, 1.807) is 0 Å². The van der Waals surface area contributed by atoms with Gasteiger partial charge < -0.3 is 9.88 Å². The molecule has 4 heteroatoms. The average Bonchev–Trinajstić information content (AvgIpc) is 2.46. The van der Waals surface area contributed by atoms with Crippen molar-refractivity contribution < 1.29 is 0 Å². The second-order valence-electron chi connectivity index (χ2n) is 4.04. The lowest BCUT2D eigenvalue weighted by molar-refractivity contribution is 0.680. The van der Waals surface area contributed by atoms with E-state index in [0.717, 1.165) is 18.2 Å². The summed E-state index contributed by atoms with van der Waals surface area (Å²) < 4.78 is 2.21. The molecule has 0 bridgehead atoms. The van der Waals surface area contributed by atoms with E-state index in [1.807, 2.05) is 18.7 Å². The Morgan fingerprint density at radius 3 is 2.87 bits per heavy atom. The summed E-state index contributed by atoms with van der Waals surface area (Å²) in [6.45, 7) is 7.36. The molecule has 0 fully saturated rings. The van der Waals surface area contributed by atoms with E-state index in [-0.39, 0.29) is 0 Å². The van der Waals surface area contributed by atoms with Crippen LogP contribution in [-0.4, -0.2) is 27.6 Å². The van der Waals surface area contributed by atoms with Gasteiger partial charge in [-0.3, -0.25) is 0 Å². The number of nitrogens with zero attached hydrogens (tertiary/aromatic N) is 2. The molecule has 0 atom stereocenters. The standard InChI is InChI=1S/C11H21N3S/c1-9(2)12-11-13-10(3)8-14(11)6-5-7-15-4/h8-9H,5-7H2,1-4H3,(H,12,13). The van der Waals surface area contributed by atoms with Crippen LogP contribution in [0.2, 0.25) is 0 Å². The van der Waals surface area contributed by atoms with Crippen molar-refractivity contribution in [3.8, 4) is 0 Å². The minimum atomic E-state index is 0.436. The number of hydrogen-bond acceptors (Lipinski definition) is 3. The Balaban J connectivity index is 2.59. The average molecular weight is 227 g/mol. The van der Waals surface area contributed by atoms with Gasteiger partial charge in [0.15, 0.2) is 0 Å². The van der Waals surface area contributed by atoms with Crippen LogP contribution in [0.4, 0.5) is 5.95 Å². The van der Waals surface area contributed by atoms with Crippen LogP contribution in [0.1, 0.15) is 26.0 Å². The van der Waals surface area contributed by atoms with Crippen molar-refractivity contribution in [1.29, 1.82) is 0 Å². The molecule has 0 radical (unpaired) electrons. The summed E-state index contributed by atoms with van der Waals surface area (Å²) in [7, 11) is 0. The highest BCUT2D eigenvalue weighted by atomic mass is 32.2. The molecule has 3 nitrogen and oxygen atoms in total. The summed E-state index contributed by atoms with van der Waals surface area (Å²) in [5, 5.41) is 3.37. The molecular weight excluding hydrogens is 206 g/mol. The third-order valence-corrected chi connectivity index (χ3v) is 2.76. The third-order valence-electron chi connectivity index (χ3n) is 2.06. The van der Waals surface area contributed by atoms with E-state index in [1.165, 1.54) is 12.2 Å². The van der Waals surface area contributed by atoms with Gasteiger partial charge in [-0.1, -0.05) is 0 Å². The molecule has 1 rings (SSSR count). The molecule has 1 N–H and O–H groups in total. The number of nitrogens with one attached hydrogen (secondary N) is 1. The van der Waals surface area contributed by atoms with E-state index in [2.05, 4.69) is 41.2 Å². The van der Waals surface area contributed by atoms with Gasteiger partial charge in [0.1, 0.15) is 0 Å². The normalized spacial score (nSPS) is 11.0. The van der Waals surface area contributed by atoms with Crippen LogP contribution < -0.4 is 5.32 Å². The van der Waals surface area contributed by atoms with E-state index in [4.69, 9.17) is 0 Å². The fraction of sp³-hybridized carbons (Fsp3) is 0.727. The first-order chi connectivity index (χ1) is 7.13. The smallest absolute Gasteiger partial charge is 0.203 e. The zero-order valence-corrected chi connectivity index (χ0v) is 10.9. The zero-order chi connectivity index (χ0) is 11.3. The number of rotatable bonds is 6. The monoisotopic (exact) mass is 227 g/mol. The summed E-state index contributed by atoms with van der Waals surface area (Å²) in [4.78, 5) is 4.47. The summed E-state index contributed by atoms with van der Waals surface area (Å²) in [5.41, 5.74) is 1.09. The molecule has 1 aromatic heterocycles. The van der Waals surface area contributed by atoms with Gasteiger partial charge in [-0.25, -0.2) is 4.98 Å². The van der Waals surface area contributed by atoms with E-state index in [0.29, 0.717) is 6.04 Å². The minimum Gasteiger partial charge on any atom is -0.353 e. The van der Waals surface area contributed by atoms with E-state index in [9.17, 15) is 0 Å². The second-order valence-corrected chi connectivity index (χ2v) is 5.03. The van der Waals surface area contributed by atoms with Gasteiger partial charge in [-0.2, -0.15) is 11.8 Å². The van der Waals surface area contributed by atoms with E-state index >= 15 is 0 Å². The van der Waals surface area contributed by atoms with Crippen molar-refractivity contribution in [1.82, 2.24) is 9.55 Å². The molecule has 0 aliphatic rings. The summed E-state index contributed by atoms with van der Waals surface area (Å²) in [6.07, 6.45) is 5.46. The number of thioether (sulfide) groups is 1. The van der Waals surface area contributed by atoms with Crippen molar-refractivity contribution in [2.75, 3.05) is 17.3 Å². The van der Waals surface area contributed by atoms with Crippen molar-refractivity contribution in [2.24, 2.45) is 0 Å². The highest BCUT2D eigenvalue weighted by Gasteiger charge is 2.05. The highest BCUT2D eigenvalue weighted by molar-refractivity contribution is 7.98. The SMILES string of the molecule is CSCCCn1cc(C)nc1NC(C)C. The van der Waals surface area contributed by atoms with E-state index < -0.39 is 0 Å². The molecule has 0 saturated heterocycles.